The smallest absolute Gasteiger partial charge is 0.136 e. The van der Waals surface area contributed by atoms with Gasteiger partial charge in [-0.15, -0.1) is 0 Å². The highest BCUT2D eigenvalue weighted by Crippen LogP contribution is 2.17. The monoisotopic (exact) mass is 155 g/mol. The standard InChI is InChI=1S/C9H17NO/c1-8(7-11)10-9-5-3-2-4-6-9/h7-10H,2-6H2,1H3/t8-/m0/s1. The molecule has 1 aliphatic carbocycles. The molecule has 1 N–H and O–H groups in total. The molecule has 1 rings (SSSR count). The molecule has 0 radical (unpaired) electrons. The molecular weight excluding hydrogens is 138 g/mol. The Morgan fingerprint density at radius 3 is 2.55 bits per heavy atom. The molecular formula is C9H17NO. The van der Waals surface area contributed by atoms with E-state index >= 15 is 0 Å². The zero-order valence-electron chi connectivity index (χ0n) is 7.18. The largest absolute Gasteiger partial charge is 0.305 e. The van der Waals surface area contributed by atoms with Gasteiger partial charge in [0.05, 0.1) is 6.04 Å². The average Bonchev–Trinajstić information content (AvgIpc) is 2.06. The molecule has 0 aromatic carbocycles. The van der Waals surface area contributed by atoms with Crippen LogP contribution < -0.4 is 5.32 Å². The first-order valence-electron chi connectivity index (χ1n) is 4.54. The molecule has 1 atom stereocenters. The van der Waals surface area contributed by atoms with Gasteiger partial charge in [-0.3, -0.25) is 0 Å². The number of carbonyl (C=O) groups excluding carboxylic acids is 1. The lowest BCUT2D eigenvalue weighted by atomic mass is 9.95. The van der Waals surface area contributed by atoms with Crippen LogP contribution in [0.4, 0.5) is 0 Å². The first-order chi connectivity index (χ1) is 5.33. The maximum absolute atomic E-state index is 10.3. The van der Waals surface area contributed by atoms with Gasteiger partial charge in [0.25, 0.3) is 0 Å². The van der Waals surface area contributed by atoms with Gasteiger partial charge < -0.3 is 10.1 Å². The van der Waals surface area contributed by atoms with Gasteiger partial charge >= 0.3 is 0 Å². The van der Waals surface area contributed by atoms with Gasteiger partial charge in [0, 0.05) is 6.04 Å². The number of hydrogen-bond donors (Lipinski definition) is 1. The van der Waals surface area contributed by atoms with E-state index in [-0.39, 0.29) is 6.04 Å². The van der Waals surface area contributed by atoms with Crippen molar-refractivity contribution < 1.29 is 4.79 Å². The Morgan fingerprint density at radius 2 is 2.00 bits per heavy atom. The normalized spacial score (nSPS) is 23.0. The molecule has 11 heavy (non-hydrogen) atoms. The molecule has 0 spiro atoms. The van der Waals surface area contributed by atoms with Crippen molar-refractivity contribution in [3.63, 3.8) is 0 Å². The molecule has 0 aromatic heterocycles. The molecule has 2 heteroatoms. The van der Waals surface area contributed by atoms with E-state index in [2.05, 4.69) is 5.32 Å². The average molecular weight is 155 g/mol. The van der Waals surface area contributed by atoms with Crippen LogP contribution in [0, 0.1) is 0 Å². The predicted molar refractivity (Wildman–Crippen MR) is 45.5 cm³/mol. The number of hydrogen-bond acceptors (Lipinski definition) is 2. The van der Waals surface area contributed by atoms with E-state index < -0.39 is 0 Å². The Bertz CT molecular complexity index is 119. The Hall–Kier alpha value is -0.370. The number of aldehydes is 1. The van der Waals surface area contributed by atoms with E-state index in [0.29, 0.717) is 6.04 Å². The van der Waals surface area contributed by atoms with Crippen LogP contribution in [0.1, 0.15) is 39.0 Å². The van der Waals surface area contributed by atoms with Crippen molar-refractivity contribution >= 4 is 6.29 Å². The summed E-state index contributed by atoms with van der Waals surface area (Å²) in [5.74, 6) is 0. The minimum absolute atomic E-state index is 0.0399. The fourth-order valence-electron chi connectivity index (χ4n) is 1.68. The van der Waals surface area contributed by atoms with Gasteiger partial charge in [-0.2, -0.15) is 0 Å². The molecule has 0 aromatic rings. The minimum atomic E-state index is 0.0399. The summed E-state index contributed by atoms with van der Waals surface area (Å²) in [6.45, 7) is 1.92. The van der Waals surface area contributed by atoms with Crippen LogP contribution >= 0.6 is 0 Å². The first kappa shape index (κ1) is 8.72. The molecule has 0 bridgehead atoms. The second-order valence-corrected chi connectivity index (χ2v) is 3.43. The van der Waals surface area contributed by atoms with Crippen LogP contribution in [0.15, 0.2) is 0 Å². The van der Waals surface area contributed by atoms with Crippen molar-refractivity contribution in [3.05, 3.63) is 0 Å². The fraction of sp³-hybridized carbons (Fsp3) is 0.889. The third-order valence-electron chi connectivity index (χ3n) is 2.31. The molecule has 0 unspecified atom stereocenters. The SMILES string of the molecule is C[C@@H](C=O)NC1CCCCC1. The summed E-state index contributed by atoms with van der Waals surface area (Å²) in [5, 5.41) is 3.30. The predicted octanol–water partition coefficient (Wildman–Crippen LogP) is 1.50. The lowest BCUT2D eigenvalue weighted by molar-refractivity contribution is -0.109. The van der Waals surface area contributed by atoms with Crippen LogP contribution in [0.2, 0.25) is 0 Å². The Labute approximate surface area is 68.4 Å². The first-order valence-corrected chi connectivity index (χ1v) is 4.54. The summed E-state index contributed by atoms with van der Waals surface area (Å²) in [6.07, 6.45) is 7.49. The van der Waals surface area contributed by atoms with Crippen LogP contribution in [-0.2, 0) is 4.79 Å². The number of nitrogens with one attached hydrogen (secondary N) is 1. The Kier molecular flexibility index (Phi) is 3.57. The third kappa shape index (κ3) is 3.02. The highest BCUT2D eigenvalue weighted by atomic mass is 16.1. The lowest BCUT2D eigenvalue weighted by Gasteiger charge is -2.24. The van der Waals surface area contributed by atoms with Crippen molar-refractivity contribution in [1.29, 1.82) is 0 Å². The van der Waals surface area contributed by atoms with Gasteiger partial charge in [-0.25, -0.2) is 0 Å². The summed E-state index contributed by atoms with van der Waals surface area (Å²) in [4.78, 5) is 10.3. The molecule has 1 aliphatic rings. The molecule has 0 heterocycles. The van der Waals surface area contributed by atoms with E-state index in [4.69, 9.17) is 0 Å². The van der Waals surface area contributed by atoms with Crippen molar-refractivity contribution in [2.75, 3.05) is 0 Å². The lowest BCUT2D eigenvalue weighted by Crippen LogP contribution is -2.38. The van der Waals surface area contributed by atoms with E-state index in [1.54, 1.807) is 0 Å². The zero-order valence-corrected chi connectivity index (χ0v) is 7.18. The van der Waals surface area contributed by atoms with Gasteiger partial charge in [-0.05, 0) is 19.8 Å². The molecule has 0 amide bonds. The van der Waals surface area contributed by atoms with Gasteiger partial charge in [0.15, 0.2) is 0 Å². The third-order valence-corrected chi connectivity index (χ3v) is 2.31. The summed E-state index contributed by atoms with van der Waals surface area (Å²) >= 11 is 0. The molecule has 1 fully saturated rings. The van der Waals surface area contributed by atoms with Crippen LogP contribution in [0.5, 0.6) is 0 Å². The second kappa shape index (κ2) is 4.50. The Morgan fingerprint density at radius 1 is 1.36 bits per heavy atom. The number of carbonyl (C=O) groups is 1. The molecule has 1 saturated carbocycles. The van der Waals surface area contributed by atoms with Crippen molar-refractivity contribution in [2.45, 2.75) is 51.1 Å². The Balaban J connectivity index is 2.18. The van der Waals surface area contributed by atoms with Crippen molar-refractivity contribution in [2.24, 2.45) is 0 Å². The summed E-state index contributed by atoms with van der Waals surface area (Å²) in [6, 6.07) is 0.641. The van der Waals surface area contributed by atoms with Crippen molar-refractivity contribution in [3.8, 4) is 0 Å². The second-order valence-electron chi connectivity index (χ2n) is 3.43. The highest BCUT2D eigenvalue weighted by Gasteiger charge is 2.14. The van der Waals surface area contributed by atoms with E-state index in [0.717, 1.165) is 6.29 Å². The van der Waals surface area contributed by atoms with Crippen LogP contribution in [0.25, 0.3) is 0 Å². The van der Waals surface area contributed by atoms with Gasteiger partial charge in [0.2, 0.25) is 0 Å². The van der Waals surface area contributed by atoms with Gasteiger partial charge in [-0.1, -0.05) is 19.3 Å². The summed E-state index contributed by atoms with van der Waals surface area (Å²) < 4.78 is 0. The van der Waals surface area contributed by atoms with E-state index in [1.807, 2.05) is 6.92 Å². The van der Waals surface area contributed by atoms with Crippen LogP contribution in [-0.4, -0.2) is 18.4 Å². The van der Waals surface area contributed by atoms with Crippen LogP contribution in [0.3, 0.4) is 0 Å². The van der Waals surface area contributed by atoms with E-state index in [9.17, 15) is 4.79 Å². The minimum Gasteiger partial charge on any atom is -0.305 e. The number of rotatable bonds is 3. The molecule has 2 nitrogen and oxygen atoms in total. The topological polar surface area (TPSA) is 29.1 Å². The van der Waals surface area contributed by atoms with Gasteiger partial charge in [0.1, 0.15) is 6.29 Å². The molecule has 0 aliphatic heterocycles. The summed E-state index contributed by atoms with van der Waals surface area (Å²) in [7, 11) is 0. The van der Waals surface area contributed by atoms with E-state index in [1.165, 1.54) is 32.1 Å². The van der Waals surface area contributed by atoms with Crippen molar-refractivity contribution in [1.82, 2.24) is 5.32 Å². The quantitative estimate of drug-likeness (QED) is 0.626. The fourth-order valence-corrected chi connectivity index (χ4v) is 1.68. The molecule has 64 valence electrons. The maximum atomic E-state index is 10.3. The maximum Gasteiger partial charge on any atom is 0.136 e. The summed E-state index contributed by atoms with van der Waals surface area (Å²) in [5.41, 5.74) is 0. The zero-order chi connectivity index (χ0) is 8.10. The molecule has 0 saturated heterocycles. The highest BCUT2D eigenvalue weighted by molar-refractivity contribution is 5.56.